The Balaban J connectivity index is 1.96. The molecule has 0 bridgehead atoms. The van der Waals surface area contributed by atoms with Crippen LogP contribution in [-0.4, -0.2) is 22.0 Å². The van der Waals surface area contributed by atoms with Crippen LogP contribution in [0.4, 0.5) is 5.69 Å². The van der Waals surface area contributed by atoms with E-state index in [1.54, 1.807) is 30.3 Å². The zero-order valence-electron chi connectivity index (χ0n) is 13.8. The predicted octanol–water partition coefficient (Wildman–Crippen LogP) is 5.65. The van der Waals surface area contributed by atoms with Crippen molar-refractivity contribution >= 4 is 73.9 Å². The lowest BCUT2D eigenvalue weighted by Crippen LogP contribution is -2.30. The SMILES string of the molecule is O=C(O)CCC(=O)N(Cc1nc2c(Cl)c(Cl)ccc2s1)c1ccccc1Cl. The fraction of sp³-hybridized carbons (Fsp3) is 0.167. The second-order valence-corrected chi connectivity index (χ2v) is 7.95. The number of thiazole rings is 1. The molecule has 27 heavy (non-hydrogen) atoms. The zero-order valence-corrected chi connectivity index (χ0v) is 16.9. The molecule has 0 atom stereocenters. The highest BCUT2D eigenvalue weighted by Crippen LogP contribution is 2.35. The van der Waals surface area contributed by atoms with Gasteiger partial charge in [-0.1, -0.05) is 46.9 Å². The number of halogens is 3. The number of hydrogen-bond acceptors (Lipinski definition) is 4. The number of fused-ring (bicyclic) bond motifs is 1. The summed E-state index contributed by atoms with van der Waals surface area (Å²) in [5, 5.41) is 10.7. The van der Waals surface area contributed by atoms with E-state index in [9.17, 15) is 9.59 Å². The number of benzene rings is 2. The first-order valence-electron chi connectivity index (χ1n) is 7.87. The molecule has 140 valence electrons. The maximum atomic E-state index is 12.7. The van der Waals surface area contributed by atoms with Gasteiger partial charge in [-0.25, -0.2) is 4.98 Å². The maximum Gasteiger partial charge on any atom is 0.303 e. The van der Waals surface area contributed by atoms with Crippen molar-refractivity contribution in [2.24, 2.45) is 0 Å². The van der Waals surface area contributed by atoms with Gasteiger partial charge in [-0.05, 0) is 24.3 Å². The van der Waals surface area contributed by atoms with Crippen molar-refractivity contribution in [1.29, 1.82) is 0 Å². The van der Waals surface area contributed by atoms with Crippen LogP contribution in [0.3, 0.4) is 0 Å². The third kappa shape index (κ3) is 4.52. The second-order valence-electron chi connectivity index (χ2n) is 5.64. The summed E-state index contributed by atoms with van der Waals surface area (Å²) in [6, 6.07) is 10.4. The average Bonchev–Trinajstić information content (AvgIpc) is 3.05. The molecule has 0 fully saturated rings. The second kappa shape index (κ2) is 8.44. The van der Waals surface area contributed by atoms with Crippen LogP contribution in [0.15, 0.2) is 36.4 Å². The molecule has 2 aromatic carbocycles. The van der Waals surface area contributed by atoms with Crippen molar-refractivity contribution in [3.63, 3.8) is 0 Å². The lowest BCUT2D eigenvalue weighted by molar-refractivity contribution is -0.138. The molecule has 0 aliphatic rings. The number of anilines is 1. The number of aromatic nitrogens is 1. The van der Waals surface area contributed by atoms with Crippen LogP contribution >= 0.6 is 46.1 Å². The van der Waals surface area contributed by atoms with Crippen molar-refractivity contribution in [2.75, 3.05) is 4.90 Å². The van der Waals surface area contributed by atoms with E-state index in [0.29, 0.717) is 31.3 Å². The van der Waals surface area contributed by atoms with Crippen molar-refractivity contribution < 1.29 is 14.7 Å². The Kier molecular flexibility index (Phi) is 6.22. The van der Waals surface area contributed by atoms with E-state index in [-0.39, 0.29) is 25.3 Å². The molecule has 0 radical (unpaired) electrons. The van der Waals surface area contributed by atoms with Crippen molar-refractivity contribution in [1.82, 2.24) is 4.98 Å². The Labute approximate surface area is 174 Å². The molecule has 1 aromatic heterocycles. The molecular formula is C18H13Cl3N2O3S. The fourth-order valence-electron chi connectivity index (χ4n) is 2.51. The summed E-state index contributed by atoms with van der Waals surface area (Å²) in [5.41, 5.74) is 1.07. The Morgan fingerprint density at radius 1 is 1.04 bits per heavy atom. The zero-order chi connectivity index (χ0) is 19.6. The molecule has 0 aliphatic heterocycles. The summed E-state index contributed by atoms with van der Waals surface area (Å²) in [5.74, 6) is -1.39. The fourth-order valence-corrected chi connectivity index (χ4v) is 4.13. The van der Waals surface area contributed by atoms with Gasteiger partial charge in [0.25, 0.3) is 0 Å². The molecule has 5 nitrogen and oxygen atoms in total. The number of carboxylic acid groups (broad SMARTS) is 1. The minimum atomic E-state index is -1.04. The quantitative estimate of drug-likeness (QED) is 0.534. The van der Waals surface area contributed by atoms with Crippen LogP contribution in [-0.2, 0) is 16.1 Å². The van der Waals surface area contributed by atoms with E-state index in [2.05, 4.69) is 4.98 Å². The van der Waals surface area contributed by atoms with Crippen LogP contribution in [0, 0.1) is 0 Å². The van der Waals surface area contributed by atoms with Gasteiger partial charge in [0.15, 0.2) is 0 Å². The summed E-state index contributed by atoms with van der Waals surface area (Å²) in [6.45, 7) is 0.148. The van der Waals surface area contributed by atoms with Crippen LogP contribution in [0.5, 0.6) is 0 Å². The van der Waals surface area contributed by atoms with Crippen LogP contribution in [0.2, 0.25) is 15.1 Å². The molecule has 0 unspecified atom stereocenters. The van der Waals surface area contributed by atoms with Crippen molar-refractivity contribution in [3.8, 4) is 0 Å². The van der Waals surface area contributed by atoms with Gasteiger partial charge in [-0.3, -0.25) is 9.59 Å². The monoisotopic (exact) mass is 442 g/mol. The highest BCUT2D eigenvalue weighted by molar-refractivity contribution is 7.18. The highest BCUT2D eigenvalue weighted by Gasteiger charge is 2.21. The molecule has 1 heterocycles. The number of carbonyl (C=O) groups is 2. The van der Waals surface area contributed by atoms with Gasteiger partial charge in [-0.15, -0.1) is 11.3 Å². The number of carbonyl (C=O) groups excluding carboxylic acids is 1. The van der Waals surface area contributed by atoms with Gasteiger partial charge < -0.3 is 10.0 Å². The van der Waals surface area contributed by atoms with Gasteiger partial charge in [0.2, 0.25) is 5.91 Å². The normalized spacial score (nSPS) is 10.9. The number of carboxylic acids is 1. The van der Waals surface area contributed by atoms with Crippen molar-refractivity contribution in [3.05, 3.63) is 56.5 Å². The number of aliphatic carboxylic acids is 1. The third-order valence-electron chi connectivity index (χ3n) is 3.79. The number of nitrogens with zero attached hydrogens (tertiary/aromatic N) is 2. The van der Waals surface area contributed by atoms with E-state index < -0.39 is 5.97 Å². The number of hydrogen-bond donors (Lipinski definition) is 1. The molecule has 1 amide bonds. The Bertz CT molecular complexity index is 1020. The molecular weight excluding hydrogens is 431 g/mol. The maximum absolute atomic E-state index is 12.7. The van der Waals surface area contributed by atoms with Gasteiger partial charge in [-0.2, -0.15) is 0 Å². The number of amides is 1. The van der Waals surface area contributed by atoms with E-state index >= 15 is 0 Å². The van der Waals surface area contributed by atoms with E-state index in [0.717, 1.165) is 4.70 Å². The van der Waals surface area contributed by atoms with Gasteiger partial charge in [0.05, 0.1) is 38.4 Å². The Morgan fingerprint density at radius 3 is 2.48 bits per heavy atom. The van der Waals surface area contributed by atoms with E-state index in [1.807, 2.05) is 6.07 Å². The molecule has 0 aliphatic carbocycles. The van der Waals surface area contributed by atoms with Crippen LogP contribution in [0.25, 0.3) is 10.2 Å². The Morgan fingerprint density at radius 2 is 1.78 bits per heavy atom. The molecule has 0 saturated heterocycles. The standard InChI is InChI=1S/C18H13Cl3N2O3S/c19-10-3-1-2-4-12(10)23(15(24)7-8-16(25)26)9-14-22-18-13(27-14)6-5-11(20)17(18)21/h1-6H,7-9H2,(H,25,26). The highest BCUT2D eigenvalue weighted by atomic mass is 35.5. The lowest BCUT2D eigenvalue weighted by atomic mass is 10.2. The Hall–Kier alpha value is -1.86. The third-order valence-corrected chi connectivity index (χ3v) is 5.91. The average molecular weight is 444 g/mol. The number of para-hydroxylation sites is 1. The topological polar surface area (TPSA) is 70.5 Å². The summed E-state index contributed by atoms with van der Waals surface area (Å²) >= 11 is 19.9. The molecule has 9 heteroatoms. The summed E-state index contributed by atoms with van der Waals surface area (Å²) < 4.78 is 0.844. The minimum Gasteiger partial charge on any atom is -0.481 e. The van der Waals surface area contributed by atoms with Gasteiger partial charge >= 0.3 is 5.97 Å². The van der Waals surface area contributed by atoms with Crippen LogP contribution < -0.4 is 4.90 Å². The molecule has 1 N–H and O–H groups in total. The summed E-state index contributed by atoms with van der Waals surface area (Å²) in [4.78, 5) is 29.5. The summed E-state index contributed by atoms with van der Waals surface area (Å²) in [7, 11) is 0. The lowest BCUT2D eigenvalue weighted by Gasteiger charge is -2.22. The molecule has 3 rings (SSSR count). The van der Waals surface area contributed by atoms with E-state index in [1.165, 1.54) is 16.2 Å². The largest absolute Gasteiger partial charge is 0.481 e. The molecule has 0 spiro atoms. The van der Waals surface area contributed by atoms with Gasteiger partial charge in [0, 0.05) is 6.42 Å². The predicted molar refractivity (Wildman–Crippen MR) is 109 cm³/mol. The first kappa shape index (κ1) is 19.9. The van der Waals surface area contributed by atoms with Crippen LogP contribution in [0.1, 0.15) is 17.8 Å². The smallest absolute Gasteiger partial charge is 0.303 e. The van der Waals surface area contributed by atoms with Crippen molar-refractivity contribution in [2.45, 2.75) is 19.4 Å². The van der Waals surface area contributed by atoms with Gasteiger partial charge in [0.1, 0.15) is 10.5 Å². The summed E-state index contributed by atoms with van der Waals surface area (Å²) in [6.07, 6.45) is -0.404. The van der Waals surface area contributed by atoms with E-state index in [4.69, 9.17) is 39.9 Å². The first-order chi connectivity index (χ1) is 12.9. The molecule has 0 saturated carbocycles. The molecule has 3 aromatic rings. The first-order valence-corrected chi connectivity index (χ1v) is 9.82. The minimum absolute atomic E-state index is 0.141. The number of rotatable bonds is 6.